The fourth-order valence-corrected chi connectivity index (χ4v) is 4.21. The molecule has 3 heterocycles. The minimum absolute atomic E-state index is 0.0187. The highest BCUT2D eigenvalue weighted by molar-refractivity contribution is 5.97. The SMILES string of the molecule is Cc1nc2cc(C(=O)N3CCCC[C@@H]3c3nc4ccccc4[nH]3)ccc2n1C. The van der Waals surface area contributed by atoms with E-state index in [0.717, 1.165) is 59.5 Å². The van der Waals surface area contributed by atoms with Crippen molar-refractivity contribution in [3.63, 3.8) is 0 Å². The minimum atomic E-state index is -0.0187. The summed E-state index contributed by atoms with van der Waals surface area (Å²) in [5, 5.41) is 0. The smallest absolute Gasteiger partial charge is 0.254 e. The maximum atomic E-state index is 13.4. The van der Waals surface area contributed by atoms with Crippen molar-refractivity contribution in [2.45, 2.75) is 32.2 Å². The number of para-hydroxylation sites is 2. The summed E-state index contributed by atoms with van der Waals surface area (Å²) in [7, 11) is 1.99. The fraction of sp³-hybridized carbons (Fsp3) is 0.318. The first-order valence-corrected chi connectivity index (χ1v) is 9.80. The predicted octanol–water partition coefficient (Wildman–Crippen LogP) is 4.13. The molecule has 0 radical (unpaired) electrons. The average Bonchev–Trinajstić information content (AvgIpc) is 3.28. The minimum Gasteiger partial charge on any atom is -0.340 e. The van der Waals surface area contributed by atoms with Crippen molar-refractivity contribution in [1.82, 2.24) is 24.4 Å². The van der Waals surface area contributed by atoms with Crippen molar-refractivity contribution in [2.24, 2.45) is 7.05 Å². The molecule has 1 aliphatic rings. The normalized spacial score (nSPS) is 17.5. The third kappa shape index (κ3) is 2.68. The van der Waals surface area contributed by atoms with Gasteiger partial charge in [-0.3, -0.25) is 4.79 Å². The number of H-pyrrole nitrogens is 1. The fourth-order valence-electron chi connectivity index (χ4n) is 4.21. The van der Waals surface area contributed by atoms with Crippen LogP contribution in [0.1, 0.15) is 47.3 Å². The molecule has 2 aromatic heterocycles. The van der Waals surface area contributed by atoms with E-state index in [1.54, 1.807) is 0 Å². The zero-order chi connectivity index (χ0) is 19.3. The molecule has 28 heavy (non-hydrogen) atoms. The summed E-state index contributed by atoms with van der Waals surface area (Å²) in [5.74, 6) is 1.87. The first kappa shape index (κ1) is 17.0. The van der Waals surface area contributed by atoms with Crippen LogP contribution in [0.25, 0.3) is 22.1 Å². The molecule has 142 valence electrons. The predicted molar refractivity (Wildman–Crippen MR) is 109 cm³/mol. The number of benzene rings is 2. The highest BCUT2D eigenvalue weighted by Gasteiger charge is 2.31. The van der Waals surface area contributed by atoms with E-state index in [-0.39, 0.29) is 11.9 Å². The molecule has 1 saturated heterocycles. The number of amides is 1. The van der Waals surface area contributed by atoms with E-state index in [1.807, 2.05) is 65.9 Å². The summed E-state index contributed by atoms with van der Waals surface area (Å²) < 4.78 is 2.04. The van der Waals surface area contributed by atoms with Gasteiger partial charge < -0.3 is 14.5 Å². The number of aromatic amines is 1. The van der Waals surface area contributed by atoms with Gasteiger partial charge in [0.1, 0.15) is 11.6 Å². The number of rotatable bonds is 2. The van der Waals surface area contributed by atoms with Gasteiger partial charge in [0, 0.05) is 19.2 Å². The molecule has 1 fully saturated rings. The molecule has 1 aliphatic heterocycles. The van der Waals surface area contributed by atoms with Crippen molar-refractivity contribution in [3.05, 3.63) is 59.7 Å². The number of carbonyl (C=O) groups is 1. The van der Waals surface area contributed by atoms with Crippen LogP contribution in [0.15, 0.2) is 42.5 Å². The third-order valence-electron chi connectivity index (χ3n) is 5.84. The van der Waals surface area contributed by atoms with E-state index >= 15 is 0 Å². The summed E-state index contributed by atoms with van der Waals surface area (Å²) >= 11 is 0. The lowest BCUT2D eigenvalue weighted by Gasteiger charge is -2.34. The van der Waals surface area contributed by atoms with E-state index < -0.39 is 0 Å². The van der Waals surface area contributed by atoms with E-state index in [0.29, 0.717) is 5.56 Å². The van der Waals surface area contributed by atoms with Crippen molar-refractivity contribution < 1.29 is 4.79 Å². The van der Waals surface area contributed by atoms with Gasteiger partial charge in [-0.2, -0.15) is 0 Å². The second kappa shape index (κ2) is 6.48. The number of nitrogens with zero attached hydrogens (tertiary/aromatic N) is 4. The van der Waals surface area contributed by atoms with Gasteiger partial charge in [0.05, 0.1) is 28.1 Å². The molecule has 4 aromatic rings. The number of imidazole rings is 2. The van der Waals surface area contributed by atoms with Gasteiger partial charge in [0.2, 0.25) is 0 Å². The molecule has 0 bridgehead atoms. The van der Waals surface area contributed by atoms with Gasteiger partial charge >= 0.3 is 0 Å². The molecular formula is C22H23N5O. The summed E-state index contributed by atoms with van der Waals surface area (Å²) in [6.45, 7) is 2.73. The number of aryl methyl sites for hydroxylation is 2. The van der Waals surface area contributed by atoms with Crippen LogP contribution >= 0.6 is 0 Å². The maximum Gasteiger partial charge on any atom is 0.254 e. The summed E-state index contributed by atoms with van der Waals surface area (Å²) in [6, 6.07) is 13.8. The molecule has 0 aliphatic carbocycles. The number of likely N-dealkylation sites (tertiary alicyclic amines) is 1. The van der Waals surface area contributed by atoms with Crippen LogP contribution < -0.4 is 0 Å². The van der Waals surface area contributed by atoms with E-state index in [9.17, 15) is 4.79 Å². The largest absolute Gasteiger partial charge is 0.340 e. The standard InChI is InChI=1S/C22H23N5O/c1-14-23-18-13-15(10-11-19(18)26(14)2)22(28)27-12-6-5-9-20(27)21-24-16-7-3-4-8-17(16)25-21/h3-4,7-8,10-11,13,20H,5-6,9,12H2,1-2H3,(H,24,25)/t20-/m1/s1. The summed E-state index contributed by atoms with van der Waals surface area (Å²) in [6.07, 6.45) is 3.05. The van der Waals surface area contributed by atoms with Gasteiger partial charge in [-0.25, -0.2) is 9.97 Å². The van der Waals surface area contributed by atoms with Crippen LogP contribution in [0.4, 0.5) is 0 Å². The second-order valence-corrected chi connectivity index (χ2v) is 7.57. The van der Waals surface area contributed by atoms with Crippen molar-refractivity contribution in [2.75, 3.05) is 6.54 Å². The lowest BCUT2D eigenvalue weighted by molar-refractivity contribution is 0.0601. The second-order valence-electron chi connectivity index (χ2n) is 7.57. The van der Waals surface area contributed by atoms with Crippen LogP contribution in [0.3, 0.4) is 0 Å². The molecule has 0 unspecified atom stereocenters. The first-order valence-electron chi connectivity index (χ1n) is 9.80. The van der Waals surface area contributed by atoms with Crippen LogP contribution in [-0.2, 0) is 7.05 Å². The van der Waals surface area contributed by atoms with Crippen LogP contribution in [0.5, 0.6) is 0 Å². The Morgan fingerprint density at radius 1 is 1.11 bits per heavy atom. The number of carbonyl (C=O) groups excluding carboxylic acids is 1. The zero-order valence-electron chi connectivity index (χ0n) is 16.1. The molecule has 6 nitrogen and oxygen atoms in total. The molecular weight excluding hydrogens is 350 g/mol. The molecule has 2 aromatic carbocycles. The summed E-state index contributed by atoms with van der Waals surface area (Å²) in [5.41, 5.74) is 4.56. The highest BCUT2D eigenvalue weighted by atomic mass is 16.2. The van der Waals surface area contributed by atoms with Gasteiger partial charge in [-0.15, -0.1) is 0 Å². The highest BCUT2D eigenvalue weighted by Crippen LogP contribution is 2.32. The first-order chi connectivity index (χ1) is 13.6. The molecule has 0 saturated carbocycles. The molecule has 1 N–H and O–H groups in total. The molecule has 5 rings (SSSR count). The number of hydrogen-bond acceptors (Lipinski definition) is 3. The van der Waals surface area contributed by atoms with Crippen LogP contribution in [0, 0.1) is 6.92 Å². The zero-order valence-corrected chi connectivity index (χ0v) is 16.1. The van der Waals surface area contributed by atoms with E-state index in [2.05, 4.69) is 9.97 Å². The molecule has 6 heteroatoms. The van der Waals surface area contributed by atoms with Gasteiger partial charge in [-0.1, -0.05) is 12.1 Å². The number of piperidine rings is 1. The van der Waals surface area contributed by atoms with Crippen molar-refractivity contribution >= 4 is 28.0 Å². The lowest BCUT2D eigenvalue weighted by Crippen LogP contribution is -2.39. The lowest BCUT2D eigenvalue weighted by atomic mass is 10.00. The Morgan fingerprint density at radius 2 is 1.96 bits per heavy atom. The number of fused-ring (bicyclic) bond motifs is 2. The monoisotopic (exact) mass is 373 g/mol. The van der Waals surface area contributed by atoms with Crippen molar-refractivity contribution in [1.29, 1.82) is 0 Å². The topological polar surface area (TPSA) is 66.8 Å². The Hall–Kier alpha value is -3.15. The number of aromatic nitrogens is 4. The van der Waals surface area contributed by atoms with Gasteiger partial charge in [-0.05, 0) is 56.5 Å². The Morgan fingerprint density at radius 3 is 2.82 bits per heavy atom. The van der Waals surface area contributed by atoms with Crippen LogP contribution in [0.2, 0.25) is 0 Å². The average molecular weight is 373 g/mol. The summed E-state index contributed by atoms with van der Waals surface area (Å²) in [4.78, 5) is 28.1. The van der Waals surface area contributed by atoms with Crippen LogP contribution in [-0.4, -0.2) is 36.9 Å². The molecule has 0 spiro atoms. The maximum absolute atomic E-state index is 13.4. The quantitative estimate of drug-likeness (QED) is 0.575. The number of nitrogens with one attached hydrogen (secondary N) is 1. The van der Waals surface area contributed by atoms with Crippen molar-refractivity contribution in [3.8, 4) is 0 Å². The Labute approximate surface area is 163 Å². The Balaban J connectivity index is 1.51. The van der Waals surface area contributed by atoms with Gasteiger partial charge in [0.15, 0.2) is 0 Å². The molecule has 1 amide bonds. The Bertz CT molecular complexity index is 1160. The molecule has 1 atom stereocenters. The third-order valence-corrected chi connectivity index (χ3v) is 5.84. The van der Waals surface area contributed by atoms with E-state index in [1.165, 1.54) is 0 Å². The van der Waals surface area contributed by atoms with E-state index in [4.69, 9.17) is 4.98 Å². The Kier molecular flexibility index (Phi) is 3.93. The number of hydrogen-bond donors (Lipinski definition) is 1. The van der Waals surface area contributed by atoms with Gasteiger partial charge in [0.25, 0.3) is 5.91 Å².